The summed E-state index contributed by atoms with van der Waals surface area (Å²) in [6, 6.07) is 14.7. The van der Waals surface area contributed by atoms with Gasteiger partial charge in [0, 0.05) is 12.4 Å². The lowest BCUT2D eigenvalue weighted by Crippen LogP contribution is -2.27. The maximum atomic E-state index is 12.6. The number of carbonyl (C=O) groups excluding carboxylic acids is 1. The van der Waals surface area contributed by atoms with Crippen molar-refractivity contribution in [1.29, 1.82) is 0 Å². The van der Waals surface area contributed by atoms with E-state index in [4.69, 9.17) is 0 Å². The molecule has 2 aromatic heterocycles. The van der Waals surface area contributed by atoms with Crippen LogP contribution in [0.25, 0.3) is 21.0 Å². The van der Waals surface area contributed by atoms with Crippen LogP contribution in [0.4, 0.5) is 0 Å². The standard InChI is InChI=1S/C19H15N5O2S/c1-11(18-20-14-9-5-6-10-15(14)27-18)21-22-17(25)16-12-7-3-4-8-13(12)19(26)24(2)23-16/h3-10H,1-2H3,(H,22,25)/b21-11-. The zero-order valence-corrected chi connectivity index (χ0v) is 15.4. The van der Waals surface area contributed by atoms with E-state index < -0.39 is 5.91 Å². The molecule has 0 spiro atoms. The van der Waals surface area contributed by atoms with E-state index in [0.29, 0.717) is 16.5 Å². The molecular weight excluding hydrogens is 362 g/mol. The van der Waals surface area contributed by atoms with Gasteiger partial charge in [-0.3, -0.25) is 9.59 Å². The third-order valence-electron chi connectivity index (χ3n) is 4.10. The number of benzene rings is 2. The van der Waals surface area contributed by atoms with Crippen molar-refractivity contribution in [3.63, 3.8) is 0 Å². The lowest BCUT2D eigenvalue weighted by molar-refractivity contribution is 0.0949. The highest BCUT2D eigenvalue weighted by Crippen LogP contribution is 2.22. The second-order valence-electron chi connectivity index (χ2n) is 5.95. The van der Waals surface area contributed by atoms with Gasteiger partial charge in [0.05, 0.1) is 21.3 Å². The van der Waals surface area contributed by atoms with E-state index >= 15 is 0 Å². The minimum Gasteiger partial charge on any atom is -0.267 e. The van der Waals surface area contributed by atoms with Crippen LogP contribution < -0.4 is 11.0 Å². The van der Waals surface area contributed by atoms with Crippen LogP contribution in [-0.4, -0.2) is 26.4 Å². The fourth-order valence-corrected chi connectivity index (χ4v) is 3.64. The number of thiazole rings is 1. The molecule has 0 atom stereocenters. The van der Waals surface area contributed by atoms with Gasteiger partial charge in [0.2, 0.25) is 0 Å². The van der Waals surface area contributed by atoms with E-state index in [2.05, 4.69) is 20.6 Å². The van der Waals surface area contributed by atoms with Crippen LogP contribution in [0.15, 0.2) is 58.4 Å². The molecule has 0 saturated carbocycles. The third kappa shape index (κ3) is 3.11. The summed E-state index contributed by atoms with van der Waals surface area (Å²) in [5.74, 6) is -0.484. The van der Waals surface area contributed by atoms with Crippen molar-refractivity contribution in [3.05, 3.63) is 69.6 Å². The molecule has 2 heterocycles. The van der Waals surface area contributed by atoms with Gasteiger partial charge in [-0.2, -0.15) is 10.2 Å². The van der Waals surface area contributed by atoms with Gasteiger partial charge in [-0.05, 0) is 25.1 Å². The van der Waals surface area contributed by atoms with Crippen molar-refractivity contribution < 1.29 is 4.79 Å². The molecule has 1 amide bonds. The molecule has 27 heavy (non-hydrogen) atoms. The number of hydrogen-bond acceptors (Lipinski definition) is 6. The van der Waals surface area contributed by atoms with Crippen molar-refractivity contribution in [2.24, 2.45) is 12.1 Å². The Morgan fingerprint density at radius 3 is 2.59 bits per heavy atom. The van der Waals surface area contributed by atoms with Crippen molar-refractivity contribution >= 4 is 43.9 Å². The Morgan fingerprint density at radius 2 is 1.81 bits per heavy atom. The number of para-hydroxylation sites is 1. The molecule has 0 saturated heterocycles. The molecule has 0 aliphatic heterocycles. The molecule has 4 aromatic rings. The normalized spacial score (nSPS) is 11.9. The summed E-state index contributed by atoms with van der Waals surface area (Å²) in [7, 11) is 1.52. The van der Waals surface area contributed by atoms with Crippen molar-refractivity contribution in [2.75, 3.05) is 0 Å². The second-order valence-corrected chi connectivity index (χ2v) is 6.98. The van der Waals surface area contributed by atoms with E-state index in [0.717, 1.165) is 19.9 Å². The molecule has 7 nitrogen and oxygen atoms in total. The Bertz CT molecular complexity index is 1240. The van der Waals surface area contributed by atoms with E-state index in [1.54, 1.807) is 31.2 Å². The van der Waals surface area contributed by atoms with Gasteiger partial charge < -0.3 is 0 Å². The van der Waals surface area contributed by atoms with E-state index in [9.17, 15) is 9.59 Å². The van der Waals surface area contributed by atoms with Crippen LogP contribution in [0, 0.1) is 0 Å². The molecule has 2 aromatic carbocycles. The van der Waals surface area contributed by atoms with Crippen molar-refractivity contribution in [2.45, 2.75) is 6.92 Å². The fraction of sp³-hybridized carbons (Fsp3) is 0.105. The number of hydrogen-bond donors (Lipinski definition) is 1. The summed E-state index contributed by atoms with van der Waals surface area (Å²) in [5, 5.41) is 9.92. The van der Waals surface area contributed by atoms with E-state index in [1.165, 1.54) is 18.4 Å². The number of amides is 1. The van der Waals surface area contributed by atoms with Crippen LogP contribution in [-0.2, 0) is 7.05 Å². The van der Waals surface area contributed by atoms with Gasteiger partial charge in [-0.15, -0.1) is 11.3 Å². The van der Waals surface area contributed by atoms with Gasteiger partial charge in [-0.25, -0.2) is 15.1 Å². The first-order chi connectivity index (χ1) is 13.0. The highest BCUT2D eigenvalue weighted by Gasteiger charge is 2.15. The van der Waals surface area contributed by atoms with E-state index in [1.807, 2.05) is 24.3 Å². The monoisotopic (exact) mass is 377 g/mol. The third-order valence-corrected chi connectivity index (χ3v) is 5.25. The number of aromatic nitrogens is 3. The average Bonchev–Trinajstić information content (AvgIpc) is 3.13. The summed E-state index contributed by atoms with van der Waals surface area (Å²) in [6.07, 6.45) is 0. The predicted octanol–water partition coefficient (Wildman–Crippen LogP) is 2.70. The molecule has 134 valence electrons. The van der Waals surface area contributed by atoms with Crippen LogP contribution in [0.2, 0.25) is 0 Å². The van der Waals surface area contributed by atoms with Gasteiger partial charge in [0.25, 0.3) is 11.5 Å². The summed E-state index contributed by atoms with van der Waals surface area (Å²) in [4.78, 5) is 29.3. The zero-order chi connectivity index (χ0) is 19.0. The minimum atomic E-state index is -0.484. The number of rotatable bonds is 3. The summed E-state index contributed by atoms with van der Waals surface area (Å²) < 4.78 is 2.21. The van der Waals surface area contributed by atoms with Gasteiger partial charge in [-0.1, -0.05) is 30.3 Å². The van der Waals surface area contributed by atoms with Gasteiger partial charge >= 0.3 is 0 Å². The molecular formula is C19H15N5O2S. The lowest BCUT2D eigenvalue weighted by atomic mass is 10.1. The summed E-state index contributed by atoms with van der Waals surface area (Å²) in [6.45, 7) is 1.78. The second kappa shape index (κ2) is 6.73. The number of nitrogens with one attached hydrogen (secondary N) is 1. The fourth-order valence-electron chi connectivity index (χ4n) is 2.73. The molecule has 0 fully saturated rings. The Morgan fingerprint density at radius 1 is 1.11 bits per heavy atom. The molecule has 4 rings (SSSR count). The number of carbonyl (C=O) groups is 1. The Hall–Kier alpha value is -3.39. The smallest absolute Gasteiger partial charge is 0.267 e. The van der Waals surface area contributed by atoms with Gasteiger partial charge in [0.1, 0.15) is 5.01 Å². The highest BCUT2D eigenvalue weighted by molar-refractivity contribution is 7.20. The molecule has 0 bridgehead atoms. The molecule has 0 radical (unpaired) electrons. The zero-order valence-electron chi connectivity index (χ0n) is 14.6. The van der Waals surface area contributed by atoms with Crippen LogP contribution >= 0.6 is 11.3 Å². The molecule has 0 unspecified atom stereocenters. The average molecular weight is 377 g/mol. The number of nitrogens with zero attached hydrogens (tertiary/aromatic N) is 4. The first kappa shape index (κ1) is 17.0. The minimum absolute atomic E-state index is 0.147. The lowest BCUT2D eigenvalue weighted by Gasteiger charge is -2.06. The topological polar surface area (TPSA) is 89.2 Å². The number of fused-ring (bicyclic) bond motifs is 2. The first-order valence-electron chi connectivity index (χ1n) is 8.21. The quantitative estimate of drug-likeness (QED) is 0.439. The Balaban J connectivity index is 1.66. The molecule has 0 aliphatic rings. The molecule has 0 aliphatic carbocycles. The number of aryl methyl sites for hydroxylation is 1. The van der Waals surface area contributed by atoms with Crippen molar-refractivity contribution in [1.82, 2.24) is 20.2 Å². The van der Waals surface area contributed by atoms with Crippen LogP contribution in [0.3, 0.4) is 0 Å². The largest absolute Gasteiger partial charge is 0.292 e. The predicted molar refractivity (Wildman–Crippen MR) is 106 cm³/mol. The maximum Gasteiger partial charge on any atom is 0.292 e. The number of hydrazone groups is 1. The summed E-state index contributed by atoms with van der Waals surface area (Å²) in [5.41, 5.74) is 3.90. The first-order valence-corrected chi connectivity index (χ1v) is 9.03. The SMILES string of the molecule is C/C(=N/NC(=O)c1nn(C)c(=O)c2ccccc12)c1nc2ccccc2s1. The van der Waals surface area contributed by atoms with Crippen molar-refractivity contribution in [3.8, 4) is 0 Å². The van der Waals surface area contributed by atoms with Crippen LogP contribution in [0.1, 0.15) is 22.4 Å². The Labute approximate surface area is 158 Å². The highest BCUT2D eigenvalue weighted by atomic mass is 32.1. The van der Waals surface area contributed by atoms with Crippen LogP contribution in [0.5, 0.6) is 0 Å². The molecule has 1 N–H and O–H groups in total. The summed E-state index contributed by atoms with van der Waals surface area (Å²) >= 11 is 1.51. The van der Waals surface area contributed by atoms with Gasteiger partial charge in [0.15, 0.2) is 5.69 Å². The van der Waals surface area contributed by atoms with E-state index in [-0.39, 0.29) is 11.3 Å². The maximum absolute atomic E-state index is 12.6. The Kier molecular flexibility index (Phi) is 4.25. The molecule has 8 heteroatoms.